The third-order valence-electron chi connectivity index (χ3n) is 3.33. The van der Waals surface area contributed by atoms with E-state index in [2.05, 4.69) is 49.4 Å². The maximum absolute atomic E-state index is 9.40. The minimum absolute atomic E-state index is 0.0471. The normalized spacial score (nSPS) is 13.9. The number of hydrogen-bond acceptors (Lipinski definition) is 3. The second-order valence-electron chi connectivity index (χ2n) is 5.89. The van der Waals surface area contributed by atoms with Crippen LogP contribution in [0.1, 0.15) is 77.9 Å². The van der Waals surface area contributed by atoms with Gasteiger partial charge < -0.3 is 9.67 Å². The summed E-state index contributed by atoms with van der Waals surface area (Å²) in [6.45, 7) is 10.7. The Morgan fingerprint density at radius 3 is 2.33 bits per heavy atom. The Hall–Kier alpha value is -0.900. The summed E-state index contributed by atoms with van der Waals surface area (Å²) in [5.74, 6) is 2.15. The molecule has 1 aromatic heterocycles. The topological polar surface area (TPSA) is 50.9 Å². The molecule has 1 rings (SSSR count). The summed E-state index contributed by atoms with van der Waals surface area (Å²) in [6, 6.07) is 0. The second kappa shape index (κ2) is 6.32. The van der Waals surface area contributed by atoms with Gasteiger partial charge in [-0.1, -0.05) is 26.7 Å². The van der Waals surface area contributed by atoms with Crippen molar-refractivity contribution in [3.8, 4) is 0 Å². The number of nitrogens with zero attached hydrogens (tertiary/aromatic N) is 3. The van der Waals surface area contributed by atoms with Gasteiger partial charge in [0.2, 0.25) is 0 Å². The predicted molar refractivity (Wildman–Crippen MR) is 73.5 cm³/mol. The van der Waals surface area contributed by atoms with Crippen LogP contribution >= 0.6 is 0 Å². The van der Waals surface area contributed by atoms with Crippen LogP contribution in [0, 0.1) is 0 Å². The van der Waals surface area contributed by atoms with E-state index in [1.54, 1.807) is 0 Å². The molecule has 0 aromatic carbocycles. The second-order valence-corrected chi connectivity index (χ2v) is 5.89. The van der Waals surface area contributed by atoms with Crippen LogP contribution in [0.3, 0.4) is 0 Å². The molecule has 4 heteroatoms. The molecule has 0 amide bonds. The molecule has 18 heavy (non-hydrogen) atoms. The van der Waals surface area contributed by atoms with Crippen molar-refractivity contribution in [1.29, 1.82) is 0 Å². The van der Waals surface area contributed by atoms with E-state index in [0.29, 0.717) is 11.7 Å². The zero-order valence-electron chi connectivity index (χ0n) is 12.4. The van der Waals surface area contributed by atoms with Crippen LogP contribution in [0.25, 0.3) is 0 Å². The predicted octanol–water partition coefficient (Wildman–Crippen LogP) is 3.21. The molecule has 4 nitrogen and oxygen atoms in total. The molecule has 1 aromatic rings. The van der Waals surface area contributed by atoms with E-state index in [1.165, 1.54) is 12.8 Å². The van der Waals surface area contributed by atoms with Crippen LogP contribution in [0.5, 0.6) is 0 Å². The van der Waals surface area contributed by atoms with E-state index in [9.17, 15) is 5.11 Å². The molecule has 0 aliphatic carbocycles. The minimum Gasteiger partial charge on any atom is -0.388 e. The van der Waals surface area contributed by atoms with Gasteiger partial charge in [-0.15, -0.1) is 10.2 Å². The Kier molecular flexibility index (Phi) is 5.32. The molecule has 1 atom stereocenters. The fourth-order valence-electron chi connectivity index (χ4n) is 2.39. The third-order valence-corrected chi connectivity index (χ3v) is 3.33. The van der Waals surface area contributed by atoms with Crippen LogP contribution in [-0.4, -0.2) is 19.9 Å². The van der Waals surface area contributed by atoms with Crippen molar-refractivity contribution in [2.45, 2.75) is 78.4 Å². The highest BCUT2D eigenvalue weighted by Crippen LogP contribution is 2.29. The summed E-state index contributed by atoms with van der Waals surface area (Å²) in [7, 11) is 0. The van der Waals surface area contributed by atoms with Crippen molar-refractivity contribution in [3.05, 3.63) is 11.6 Å². The van der Waals surface area contributed by atoms with Crippen LogP contribution in [-0.2, 0) is 12.1 Å². The highest BCUT2D eigenvalue weighted by atomic mass is 16.3. The van der Waals surface area contributed by atoms with Gasteiger partial charge >= 0.3 is 0 Å². The Morgan fingerprint density at radius 1 is 1.22 bits per heavy atom. The van der Waals surface area contributed by atoms with E-state index >= 15 is 0 Å². The monoisotopic (exact) mass is 253 g/mol. The lowest BCUT2D eigenvalue weighted by Gasteiger charge is -2.27. The first-order valence-electron chi connectivity index (χ1n) is 7.01. The Bertz CT molecular complexity index is 366. The minimum atomic E-state index is -0.0868. The Labute approximate surface area is 110 Å². The largest absolute Gasteiger partial charge is 0.388 e. The van der Waals surface area contributed by atoms with E-state index in [4.69, 9.17) is 0 Å². The molecule has 0 aliphatic rings. The van der Waals surface area contributed by atoms with Crippen LogP contribution < -0.4 is 0 Å². The first kappa shape index (κ1) is 15.2. The molecule has 1 heterocycles. The smallest absolute Gasteiger partial charge is 0.159 e. The van der Waals surface area contributed by atoms with Gasteiger partial charge in [0.25, 0.3) is 0 Å². The summed E-state index contributed by atoms with van der Waals surface area (Å²) in [6.07, 6.45) is 4.63. The summed E-state index contributed by atoms with van der Waals surface area (Å²) in [5.41, 5.74) is -0.0868. The van der Waals surface area contributed by atoms with E-state index in [1.807, 2.05) is 0 Å². The molecule has 0 saturated heterocycles. The van der Waals surface area contributed by atoms with Gasteiger partial charge in [-0.05, 0) is 33.6 Å². The van der Waals surface area contributed by atoms with Crippen LogP contribution in [0.15, 0.2) is 0 Å². The van der Waals surface area contributed by atoms with Gasteiger partial charge in [0.15, 0.2) is 5.82 Å². The summed E-state index contributed by atoms with van der Waals surface area (Å²) < 4.78 is 2.11. The Balaban J connectivity index is 3.10. The number of aromatic nitrogens is 3. The van der Waals surface area contributed by atoms with Crippen molar-refractivity contribution in [3.63, 3.8) is 0 Å². The molecular weight excluding hydrogens is 226 g/mol. The average Bonchev–Trinajstić information content (AvgIpc) is 2.73. The molecule has 0 fully saturated rings. The molecule has 0 radical (unpaired) electrons. The number of aliphatic hydroxyl groups excluding tert-OH is 1. The first-order chi connectivity index (χ1) is 8.45. The van der Waals surface area contributed by atoms with Crippen molar-refractivity contribution < 1.29 is 5.11 Å². The SMILES string of the molecule is CCCCC(CC)c1nnc(CO)n1C(C)(C)C. The zero-order valence-corrected chi connectivity index (χ0v) is 12.4. The highest BCUT2D eigenvalue weighted by Gasteiger charge is 2.26. The lowest BCUT2D eigenvalue weighted by Crippen LogP contribution is -2.27. The van der Waals surface area contributed by atoms with Crippen molar-refractivity contribution in [2.24, 2.45) is 0 Å². The molecule has 0 bridgehead atoms. The van der Waals surface area contributed by atoms with Gasteiger partial charge in [-0.2, -0.15) is 0 Å². The van der Waals surface area contributed by atoms with Crippen LogP contribution in [0.4, 0.5) is 0 Å². The first-order valence-corrected chi connectivity index (χ1v) is 7.01. The van der Waals surface area contributed by atoms with Gasteiger partial charge in [0, 0.05) is 11.5 Å². The quantitative estimate of drug-likeness (QED) is 0.847. The maximum atomic E-state index is 9.40. The van der Waals surface area contributed by atoms with E-state index < -0.39 is 0 Å². The average molecular weight is 253 g/mol. The zero-order chi connectivity index (χ0) is 13.8. The number of hydrogen-bond donors (Lipinski definition) is 1. The van der Waals surface area contributed by atoms with Crippen molar-refractivity contribution >= 4 is 0 Å². The van der Waals surface area contributed by atoms with Gasteiger partial charge in [0.05, 0.1) is 0 Å². The van der Waals surface area contributed by atoms with Crippen molar-refractivity contribution in [1.82, 2.24) is 14.8 Å². The molecule has 1 N–H and O–H groups in total. The standard InChI is InChI=1S/C14H27N3O/c1-6-8-9-11(7-2)13-16-15-12(10-18)17(13)14(3,4)5/h11,18H,6-10H2,1-5H3. The van der Waals surface area contributed by atoms with Gasteiger partial charge in [-0.3, -0.25) is 0 Å². The molecule has 0 aliphatic heterocycles. The molecule has 104 valence electrons. The number of rotatable bonds is 6. The van der Waals surface area contributed by atoms with E-state index in [-0.39, 0.29) is 12.1 Å². The lowest BCUT2D eigenvalue weighted by molar-refractivity contribution is 0.246. The molecule has 1 unspecified atom stereocenters. The van der Waals surface area contributed by atoms with Gasteiger partial charge in [0.1, 0.15) is 12.4 Å². The fourth-order valence-corrected chi connectivity index (χ4v) is 2.39. The fraction of sp³-hybridized carbons (Fsp3) is 0.857. The number of aliphatic hydroxyl groups is 1. The highest BCUT2D eigenvalue weighted by molar-refractivity contribution is 5.05. The van der Waals surface area contributed by atoms with Gasteiger partial charge in [-0.25, -0.2) is 0 Å². The lowest BCUT2D eigenvalue weighted by atomic mass is 9.97. The summed E-state index contributed by atoms with van der Waals surface area (Å²) >= 11 is 0. The van der Waals surface area contributed by atoms with Crippen LogP contribution in [0.2, 0.25) is 0 Å². The van der Waals surface area contributed by atoms with Crippen molar-refractivity contribution in [2.75, 3.05) is 0 Å². The van der Waals surface area contributed by atoms with E-state index in [0.717, 1.165) is 18.7 Å². The Morgan fingerprint density at radius 2 is 1.89 bits per heavy atom. The number of unbranched alkanes of at least 4 members (excludes halogenated alkanes) is 1. The third kappa shape index (κ3) is 3.31. The summed E-state index contributed by atoms with van der Waals surface area (Å²) in [5, 5.41) is 17.9. The molecule has 0 saturated carbocycles. The molecular formula is C14H27N3O. The summed E-state index contributed by atoms with van der Waals surface area (Å²) in [4.78, 5) is 0. The maximum Gasteiger partial charge on any atom is 0.159 e. The molecule has 0 spiro atoms.